The summed E-state index contributed by atoms with van der Waals surface area (Å²) in [5.41, 5.74) is -0.275. The largest absolute Gasteiger partial charge is 0.490 e. The third-order valence-corrected chi connectivity index (χ3v) is 8.66. The molecule has 1 aliphatic rings. The molecular weight excluding hydrogens is 655 g/mol. The van der Waals surface area contributed by atoms with Gasteiger partial charge in [0.15, 0.2) is 0 Å². The second kappa shape index (κ2) is 18.9. The van der Waals surface area contributed by atoms with Gasteiger partial charge >= 0.3 is 12.2 Å². The highest BCUT2D eigenvalue weighted by molar-refractivity contribution is 6.02. The van der Waals surface area contributed by atoms with Crippen LogP contribution in [0.25, 0.3) is 0 Å². The van der Waals surface area contributed by atoms with Crippen LogP contribution in [0.5, 0.6) is 5.75 Å². The average molecular weight is 708 g/mol. The maximum atomic E-state index is 14.3. The summed E-state index contributed by atoms with van der Waals surface area (Å²) < 4.78 is 51.4. The van der Waals surface area contributed by atoms with Gasteiger partial charge in [0.25, 0.3) is 5.91 Å². The standard InChI is InChI=1S/C36H52F3N5O6/c1-24-21-44(25(2)23-45)34(47)30-20-29(41-35(48)40-28-14-12-27(13-15-28)36(37,38)39)16-17-31(30)50-26(3)10-7-8-19-49-32(24)22-43(6)33(46)11-9-18-42(4)5/h12-17,20,24-26,32,45H,7-11,18-19,21-23H2,1-6H3,(H2,40,41,48)/t24-,25-,26+,32+/m0/s1. The van der Waals surface area contributed by atoms with Gasteiger partial charge in [0, 0.05) is 50.5 Å². The summed E-state index contributed by atoms with van der Waals surface area (Å²) in [6.45, 7) is 7.10. The van der Waals surface area contributed by atoms with Crippen LogP contribution in [0.3, 0.4) is 0 Å². The fourth-order valence-electron chi connectivity index (χ4n) is 5.61. The number of nitrogens with one attached hydrogen (secondary N) is 2. The van der Waals surface area contributed by atoms with Crippen LogP contribution in [0.4, 0.5) is 29.3 Å². The minimum absolute atomic E-state index is 0.0148. The van der Waals surface area contributed by atoms with Crippen LogP contribution >= 0.6 is 0 Å². The molecule has 3 N–H and O–H groups in total. The van der Waals surface area contributed by atoms with Gasteiger partial charge in [-0.15, -0.1) is 0 Å². The van der Waals surface area contributed by atoms with Crippen molar-refractivity contribution in [2.24, 2.45) is 5.92 Å². The Hall–Kier alpha value is -3.88. The number of alkyl halides is 3. The molecule has 0 bridgehead atoms. The molecule has 2 aromatic rings. The summed E-state index contributed by atoms with van der Waals surface area (Å²) in [7, 11) is 5.69. The molecule has 1 heterocycles. The lowest BCUT2D eigenvalue weighted by molar-refractivity contribution is -0.137. The highest BCUT2D eigenvalue weighted by atomic mass is 19.4. The molecule has 0 radical (unpaired) electrons. The number of hydrogen-bond donors (Lipinski definition) is 3. The van der Waals surface area contributed by atoms with Crippen LogP contribution in [0.2, 0.25) is 0 Å². The zero-order valence-corrected chi connectivity index (χ0v) is 29.9. The van der Waals surface area contributed by atoms with E-state index in [-0.39, 0.29) is 54.1 Å². The molecule has 11 nitrogen and oxygen atoms in total. The van der Waals surface area contributed by atoms with E-state index in [4.69, 9.17) is 9.47 Å². The zero-order valence-electron chi connectivity index (χ0n) is 29.9. The Balaban J connectivity index is 1.86. The van der Waals surface area contributed by atoms with Gasteiger partial charge in [-0.05, 0) is 103 Å². The monoisotopic (exact) mass is 707 g/mol. The SMILES string of the molecule is C[C@@H]1CCCCO[C@H](CN(C)C(=O)CCCN(C)C)[C@@H](C)CN([C@@H](C)CO)C(=O)c2cc(NC(=O)Nc3ccc(C(F)(F)F)cc3)ccc2O1. The first-order chi connectivity index (χ1) is 23.6. The van der Waals surface area contributed by atoms with Crippen molar-refractivity contribution in [2.75, 3.05) is 64.6 Å². The van der Waals surface area contributed by atoms with E-state index in [9.17, 15) is 32.7 Å². The first-order valence-electron chi connectivity index (χ1n) is 17.1. The number of halogens is 3. The molecule has 0 aromatic heterocycles. The van der Waals surface area contributed by atoms with Gasteiger partial charge in [0.1, 0.15) is 5.75 Å². The van der Waals surface area contributed by atoms with E-state index < -0.39 is 29.7 Å². The number of amides is 4. The maximum Gasteiger partial charge on any atom is 0.416 e. The quantitative estimate of drug-likeness (QED) is 0.279. The topological polar surface area (TPSA) is 124 Å². The normalized spacial score (nSPS) is 19.9. The minimum atomic E-state index is -4.50. The molecule has 4 amide bonds. The Kier molecular flexibility index (Phi) is 15.3. The molecule has 3 rings (SSSR count). The van der Waals surface area contributed by atoms with E-state index >= 15 is 0 Å². The van der Waals surface area contributed by atoms with Crippen molar-refractivity contribution in [1.29, 1.82) is 0 Å². The second-order valence-corrected chi connectivity index (χ2v) is 13.3. The highest BCUT2D eigenvalue weighted by Crippen LogP contribution is 2.31. The van der Waals surface area contributed by atoms with Gasteiger partial charge in [0.2, 0.25) is 5.91 Å². The fraction of sp³-hybridized carbons (Fsp3) is 0.583. The van der Waals surface area contributed by atoms with Crippen LogP contribution in [-0.2, 0) is 15.7 Å². The predicted octanol–water partition coefficient (Wildman–Crippen LogP) is 5.95. The van der Waals surface area contributed by atoms with Gasteiger partial charge in [-0.1, -0.05) is 6.92 Å². The molecule has 0 fully saturated rings. The average Bonchev–Trinajstić information content (AvgIpc) is 3.05. The maximum absolute atomic E-state index is 14.3. The van der Waals surface area contributed by atoms with Crippen LogP contribution in [0, 0.1) is 5.92 Å². The molecule has 278 valence electrons. The van der Waals surface area contributed by atoms with Gasteiger partial charge in [-0.2, -0.15) is 13.2 Å². The number of aliphatic hydroxyl groups excluding tert-OH is 1. The number of fused-ring (bicyclic) bond motifs is 1. The minimum Gasteiger partial charge on any atom is -0.490 e. The summed E-state index contributed by atoms with van der Waals surface area (Å²) in [6, 6.07) is 7.38. The molecule has 1 aliphatic heterocycles. The molecule has 0 unspecified atom stereocenters. The number of hydrogen-bond acceptors (Lipinski definition) is 7. The Morgan fingerprint density at radius 3 is 2.34 bits per heavy atom. The number of urea groups is 1. The number of carbonyl (C=O) groups is 3. The third-order valence-electron chi connectivity index (χ3n) is 8.66. The van der Waals surface area contributed by atoms with Crippen LogP contribution in [0.1, 0.15) is 68.8 Å². The van der Waals surface area contributed by atoms with Gasteiger partial charge in [0.05, 0.1) is 36.0 Å². The highest BCUT2D eigenvalue weighted by Gasteiger charge is 2.32. The summed E-state index contributed by atoms with van der Waals surface area (Å²) in [6.07, 6.45) is -1.72. The van der Waals surface area contributed by atoms with Crippen molar-refractivity contribution >= 4 is 29.2 Å². The zero-order chi connectivity index (χ0) is 37.0. The molecule has 0 spiro atoms. The lowest BCUT2D eigenvalue weighted by atomic mass is 10.0. The molecule has 0 aliphatic carbocycles. The summed E-state index contributed by atoms with van der Waals surface area (Å²) in [4.78, 5) is 45.3. The van der Waals surface area contributed by atoms with Gasteiger partial charge in [-0.25, -0.2) is 4.79 Å². The Labute approximate surface area is 293 Å². The number of rotatable bonds is 10. The Bertz CT molecular complexity index is 1410. The van der Waals surface area contributed by atoms with E-state index in [1.54, 1.807) is 35.9 Å². The first-order valence-corrected chi connectivity index (χ1v) is 17.1. The van der Waals surface area contributed by atoms with Gasteiger partial charge < -0.3 is 39.9 Å². The smallest absolute Gasteiger partial charge is 0.416 e. The van der Waals surface area contributed by atoms with E-state index in [1.165, 1.54) is 6.07 Å². The first kappa shape index (κ1) is 40.5. The molecule has 0 saturated carbocycles. The van der Waals surface area contributed by atoms with Crippen molar-refractivity contribution in [1.82, 2.24) is 14.7 Å². The van der Waals surface area contributed by atoms with Crippen molar-refractivity contribution in [3.8, 4) is 5.75 Å². The molecule has 2 aromatic carbocycles. The number of anilines is 2. The van der Waals surface area contributed by atoms with E-state index in [1.807, 2.05) is 32.8 Å². The third kappa shape index (κ3) is 12.5. The number of aliphatic hydroxyl groups is 1. The number of nitrogens with zero attached hydrogens (tertiary/aromatic N) is 3. The van der Waals surface area contributed by atoms with Crippen molar-refractivity contribution in [3.63, 3.8) is 0 Å². The Morgan fingerprint density at radius 2 is 1.70 bits per heavy atom. The summed E-state index contributed by atoms with van der Waals surface area (Å²) in [5, 5.41) is 15.3. The second-order valence-electron chi connectivity index (χ2n) is 13.3. The summed E-state index contributed by atoms with van der Waals surface area (Å²) in [5.74, 6) is -0.337. The lowest BCUT2D eigenvalue weighted by Gasteiger charge is -2.36. The number of benzene rings is 2. The van der Waals surface area contributed by atoms with Crippen LogP contribution < -0.4 is 15.4 Å². The fourth-order valence-corrected chi connectivity index (χ4v) is 5.61. The van der Waals surface area contributed by atoms with Crippen LogP contribution in [-0.4, -0.2) is 110 Å². The van der Waals surface area contributed by atoms with E-state index in [0.717, 1.165) is 50.1 Å². The lowest BCUT2D eigenvalue weighted by Crippen LogP contribution is -2.48. The van der Waals surface area contributed by atoms with Crippen molar-refractivity contribution in [2.45, 2.75) is 77.3 Å². The molecular formula is C36H52F3N5O6. The number of ether oxygens (including phenoxy) is 2. The predicted molar refractivity (Wildman–Crippen MR) is 186 cm³/mol. The molecule has 4 atom stereocenters. The summed E-state index contributed by atoms with van der Waals surface area (Å²) >= 11 is 0. The van der Waals surface area contributed by atoms with E-state index in [0.29, 0.717) is 31.7 Å². The Morgan fingerprint density at radius 1 is 1.04 bits per heavy atom. The van der Waals surface area contributed by atoms with Crippen molar-refractivity contribution in [3.05, 3.63) is 53.6 Å². The molecule has 50 heavy (non-hydrogen) atoms. The molecule has 0 saturated heterocycles. The number of likely N-dealkylation sites (N-methyl/N-ethyl adjacent to an activating group) is 1. The number of carbonyl (C=O) groups excluding carboxylic acids is 3. The molecule has 14 heteroatoms. The van der Waals surface area contributed by atoms with Crippen LogP contribution in [0.15, 0.2) is 42.5 Å². The van der Waals surface area contributed by atoms with Crippen molar-refractivity contribution < 1.29 is 42.1 Å². The van der Waals surface area contributed by atoms with Gasteiger partial charge in [-0.3, -0.25) is 9.59 Å². The van der Waals surface area contributed by atoms with E-state index in [2.05, 4.69) is 10.6 Å².